The molecule has 0 aromatic heterocycles. The number of rotatable bonds is 6. The van der Waals surface area contributed by atoms with Crippen LogP contribution in [0.4, 0.5) is 5.69 Å². The zero-order chi connectivity index (χ0) is 20.9. The number of carbonyl (C=O) groups is 1. The van der Waals surface area contributed by atoms with Gasteiger partial charge in [-0.15, -0.1) is 0 Å². The highest BCUT2D eigenvalue weighted by molar-refractivity contribution is 7.92. The van der Waals surface area contributed by atoms with Crippen molar-refractivity contribution in [2.24, 2.45) is 0 Å². The molecule has 3 rings (SSSR count). The molecule has 0 atom stereocenters. The molecule has 1 fully saturated rings. The molecule has 156 valence electrons. The molecule has 0 aliphatic heterocycles. The lowest BCUT2D eigenvalue weighted by atomic mass is 10.1. The standard InChI is InChI=1S/C22H28N2O4S/c1-24(18-9-5-3-4-6-10-18)22(25)17-13-15-19(16-14-17)29(26,27)23-20-11-7-8-12-21(20)28-2/h7-8,11-16,18,23H,3-6,9-10H2,1-2H3. The average Bonchev–Trinajstić information content (AvgIpc) is 3.02. The van der Waals surface area contributed by atoms with Gasteiger partial charge >= 0.3 is 0 Å². The van der Waals surface area contributed by atoms with E-state index in [-0.39, 0.29) is 16.8 Å². The number of nitrogens with zero attached hydrogens (tertiary/aromatic N) is 1. The van der Waals surface area contributed by atoms with Gasteiger partial charge in [0.05, 0.1) is 17.7 Å². The molecule has 29 heavy (non-hydrogen) atoms. The summed E-state index contributed by atoms with van der Waals surface area (Å²) < 4.78 is 33.1. The molecule has 0 unspecified atom stereocenters. The molecule has 7 heteroatoms. The first-order valence-corrected chi connectivity index (χ1v) is 11.4. The van der Waals surface area contributed by atoms with Gasteiger partial charge in [-0.3, -0.25) is 9.52 Å². The van der Waals surface area contributed by atoms with Crippen molar-refractivity contribution in [2.75, 3.05) is 18.9 Å². The minimum absolute atomic E-state index is 0.0708. The minimum atomic E-state index is -3.79. The first-order valence-electron chi connectivity index (χ1n) is 9.95. The highest BCUT2D eigenvalue weighted by atomic mass is 32.2. The first kappa shape index (κ1) is 21.2. The maximum atomic E-state index is 12.8. The monoisotopic (exact) mass is 416 g/mol. The minimum Gasteiger partial charge on any atom is -0.495 e. The summed E-state index contributed by atoms with van der Waals surface area (Å²) in [5, 5.41) is 0. The number of anilines is 1. The number of amides is 1. The molecule has 0 radical (unpaired) electrons. The SMILES string of the molecule is COc1ccccc1NS(=O)(=O)c1ccc(C(=O)N(C)C2CCCCCC2)cc1. The van der Waals surface area contributed by atoms with E-state index in [9.17, 15) is 13.2 Å². The first-order chi connectivity index (χ1) is 13.9. The summed E-state index contributed by atoms with van der Waals surface area (Å²) in [4.78, 5) is 14.7. The number of para-hydroxylation sites is 2. The fourth-order valence-corrected chi connectivity index (χ4v) is 4.79. The third kappa shape index (κ3) is 5.09. The van der Waals surface area contributed by atoms with Gasteiger partial charge in [-0.05, 0) is 49.2 Å². The maximum absolute atomic E-state index is 12.8. The topological polar surface area (TPSA) is 75.7 Å². The van der Waals surface area contributed by atoms with Gasteiger partial charge in [-0.2, -0.15) is 0 Å². The smallest absolute Gasteiger partial charge is 0.262 e. The summed E-state index contributed by atoms with van der Waals surface area (Å²) in [5.74, 6) is 0.367. The zero-order valence-electron chi connectivity index (χ0n) is 16.9. The van der Waals surface area contributed by atoms with Gasteiger partial charge in [-0.1, -0.05) is 37.8 Å². The van der Waals surface area contributed by atoms with Gasteiger partial charge in [-0.25, -0.2) is 8.42 Å². The highest BCUT2D eigenvalue weighted by Gasteiger charge is 2.23. The lowest BCUT2D eigenvalue weighted by Gasteiger charge is -2.27. The van der Waals surface area contributed by atoms with Crippen LogP contribution in [0.5, 0.6) is 5.75 Å². The number of methoxy groups -OCH3 is 1. The molecule has 1 N–H and O–H groups in total. The van der Waals surface area contributed by atoms with E-state index < -0.39 is 10.0 Å². The Hall–Kier alpha value is -2.54. The molecule has 1 amide bonds. The van der Waals surface area contributed by atoms with Crippen molar-refractivity contribution in [1.82, 2.24) is 4.90 Å². The lowest BCUT2D eigenvalue weighted by molar-refractivity contribution is 0.0717. The molecule has 0 spiro atoms. The van der Waals surface area contributed by atoms with Crippen LogP contribution in [-0.2, 0) is 10.0 Å². The van der Waals surface area contributed by atoms with Crippen LogP contribution < -0.4 is 9.46 Å². The Morgan fingerprint density at radius 2 is 1.62 bits per heavy atom. The van der Waals surface area contributed by atoms with Crippen LogP contribution >= 0.6 is 0 Å². The Labute approximate surface area is 172 Å². The van der Waals surface area contributed by atoms with Crippen molar-refractivity contribution in [2.45, 2.75) is 49.5 Å². The summed E-state index contributed by atoms with van der Waals surface area (Å²) in [7, 11) is -0.465. The molecular weight excluding hydrogens is 388 g/mol. The van der Waals surface area contributed by atoms with Crippen LogP contribution in [0.2, 0.25) is 0 Å². The molecule has 0 heterocycles. The van der Waals surface area contributed by atoms with Crippen molar-refractivity contribution < 1.29 is 17.9 Å². The van der Waals surface area contributed by atoms with Crippen molar-refractivity contribution in [3.05, 3.63) is 54.1 Å². The van der Waals surface area contributed by atoms with Crippen molar-refractivity contribution in [3.63, 3.8) is 0 Å². The van der Waals surface area contributed by atoms with Crippen LogP contribution in [0.3, 0.4) is 0 Å². The third-order valence-corrected chi connectivity index (χ3v) is 6.84. The number of benzene rings is 2. The number of hydrogen-bond acceptors (Lipinski definition) is 4. The Kier molecular flexibility index (Phi) is 6.79. The van der Waals surface area contributed by atoms with E-state index in [1.807, 2.05) is 11.9 Å². The normalized spacial score (nSPS) is 15.4. The highest BCUT2D eigenvalue weighted by Crippen LogP contribution is 2.27. The van der Waals surface area contributed by atoms with Crippen LogP contribution in [0, 0.1) is 0 Å². The Balaban J connectivity index is 1.74. The lowest BCUT2D eigenvalue weighted by Crippen LogP contribution is -2.36. The molecule has 6 nitrogen and oxygen atoms in total. The maximum Gasteiger partial charge on any atom is 0.262 e. The molecule has 1 aliphatic carbocycles. The predicted octanol–water partition coefficient (Wildman–Crippen LogP) is 4.29. The van der Waals surface area contributed by atoms with Crippen molar-refractivity contribution in [1.29, 1.82) is 0 Å². The Morgan fingerprint density at radius 3 is 2.24 bits per heavy atom. The fraction of sp³-hybridized carbons (Fsp3) is 0.409. The van der Waals surface area contributed by atoms with Gasteiger partial charge < -0.3 is 9.64 Å². The van der Waals surface area contributed by atoms with E-state index >= 15 is 0 Å². The van der Waals surface area contributed by atoms with E-state index in [1.165, 1.54) is 32.1 Å². The van der Waals surface area contributed by atoms with Gasteiger partial charge in [0.25, 0.3) is 15.9 Å². The summed E-state index contributed by atoms with van der Waals surface area (Å²) in [6, 6.07) is 13.1. The van der Waals surface area contributed by atoms with E-state index in [2.05, 4.69) is 4.72 Å². The second-order valence-corrected chi connectivity index (χ2v) is 9.07. The Morgan fingerprint density at radius 1 is 1.00 bits per heavy atom. The van der Waals surface area contributed by atoms with Gasteiger partial charge in [0.15, 0.2) is 0 Å². The molecule has 0 saturated heterocycles. The molecule has 1 saturated carbocycles. The molecular formula is C22H28N2O4S. The summed E-state index contributed by atoms with van der Waals surface area (Å²) in [5.41, 5.74) is 0.858. The van der Waals surface area contributed by atoms with Crippen LogP contribution in [0.25, 0.3) is 0 Å². The summed E-state index contributed by atoms with van der Waals surface area (Å²) in [6.07, 6.45) is 6.80. The second-order valence-electron chi connectivity index (χ2n) is 7.39. The third-order valence-electron chi connectivity index (χ3n) is 5.46. The van der Waals surface area contributed by atoms with Gasteiger partial charge in [0.2, 0.25) is 0 Å². The Bertz CT molecular complexity index is 934. The number of nitrogens with one attached hydrogen (secondary N) is 1. The van der Waals surface area contributed by atoms with E-state index in [0.29, 0.717) is 17.0 Å². The summed E-state index contributed by atoms with van der Waals surface area (Å²) >= 11 is 0. The van der Waals surface area contributed by atoms with Gasteiger partial charge in [0.1, 0.15) is 5.75 Å². The molecule has 2 aromatic carbocycles. The molecule has 1 aliphatic rings. The predicted molar refractivity (Wildman–Crippen MR) is 114 cm³/mol. The van der Waals surface area contributed by atoms with Crippen LogP contribution in [-0.4, -0.2) is 39.4 Å². The number of carbonyl (C=O) groups excluding carboxylic acids is 1. The number of sulfonamides is 1. The fourth-order valence-electron chi connectivity index (χ4n) is 3.72. The number of ether oxygens (including phenoxy) is 1. The van der Waals surface area contributed by atoms with Crippen molar-refractivity contribution in [3.8, 4) is 5.75 Å². The van der Waals surface area contributed by atoms with E-state index in [4.69, 9.17) is 4.74 Å². The van der Waals surface area contributed by atoms with Crippen LogP contribution in [0.1, 0.15) is 48.9 Å². The van der Waals surface area contributed by atoms with E-state index in [0.717, 1.165) is 25.7 Å². The summed E-state index contributed by atoms with van der Waals surface area (Å²) in [6.45, 7) is 0. The average molecular weight is 417 g/mol. The van der Waals surface area contributed by atoms with Crippen molar-refractivity contribution >= 4 is 21.6 Å². The van der Waals surface area contributed by atoms with Crippen LogP contribution in [0.15, 0.2) is 53.4 Å². The molecule has 2 aromatic rings. The number of hydrogen-bond donors (Lipinski definition) is 1. The van der Waals surface area contributed by atoms with Gasteiger partial charge in [0, 0.05) is 18.7 Å². The quantitative estimate of drug-likeness (QED) is 0.713. The zero-order valence-corrected chi connectivity index (χ0v) is 17.7. The van der Waals surface area contributed by atoms with E-state index in [1.54, 1.807) is 36.4 Å². The second kappa shape index (κ2) is 9.31. The molecule has 0 bridgehead atoms. The largest absolute Gasteiger partial charge is 0.495 e.